The maximum atomic E-state index is 5.59. The van der Waals surface area contributed by atoms with Gasteiger partial charge in [0.2, 0.25) is 0 Å². The Morgan fingerprint density at radius 2 is 1.87 bits per heavy atom. The number of rotatable bonds is 6. The first-order valence-electron chi connectivity index (χ1n) is 6.68. The molecule has 0 heterocycles. The van der Waals surface area contributed by atoms with Gasteiger partial charge >= 0.3 is 0 Å². The fourth-order valence-corrected chi connectivity index (χ4v) is 2.75. The molecule has 0 spiro atoms. The van der Waals surface area contributed by atoms with Crippen LogP contribution in [0.4, 0.5) is 0 Å². The molecule has 0 bridgehead atoms. The molecule has 1 atom stereocenters. The van der Waals surface area contributed by atoms with Gasteiger partial charge in [-0.25, -0.2) is 0 Å². The summed E-state index contributed by atoms with van der Waals surface area (Å²) in [4.78, 5) is 0. The first-order chi connectivity index (χ1) is 7.22. The molecule has 2 nitrogen and oxygen atoms in total. The molecule has 3 N–H and O–H groups in total. The zero-order chi connectivity index (χ0) is 11.1. The first kappa shape index (κ1) is 13.0. The van der Waals surface area contributed by atoms with Gasteiger partial charge in [0.1, 0.15) is 0 Å². The van der Waals surface area contributed by atoms with Crippen LogP contribution < -0.4 is 11.3 Å². The van der Waals surface area contributed by atoms with Gasteiger partial charge in [-0.1, -0.05) is 46.0 Å². The molecule has 1 fully saturated rings. The largest absolute Gasteiger partial charge is 0.271 e. The van der Waals surface area contributed by atoms with E-state index in [-0.39, 0.29) is 0 Å². The smallest absolute Gasteiger partial charge is 0.0213 e. The van der Waals surface area contributed by atoms with Crippen molar-refractivity contribution in [1.29, 1.82) is 0 Å². The lowest BCUT2D eigenvalue weighted by Crippen LogP contribution is -2.36. The van der Waals surface area contributed by atoms with Crippen LogP contribution in [0, 0.1) is 11.8 Å². The lowest BCUT2D eigenvalue weighted by atomic mass is 9.84. The summed E-state index contributed by atoms with van der Waals surface area (Å²) in [6, 6.07) is 0.534. The molecular formula is C13H28N2. The van der Waals surface area contributed by atoms with E-state index in [0.717, 1.165) is 11.8 Å². The molecule has 0 aromatic heterocycles. The summed E-state index contributed by atoms with van der Waals surface area (Å²) in [6.07, 6.45) is 11.1. The predicted octanol–water partition coefficient (Wildman–Crippen LogP) is 3.22. The molecule has 15 heavy (non-hydrogen) atoms. The van der Waals surface area contributed by atoms with E-state index in [9.17, 15) is 0 Å². The molecule has 1 aliphatic carbocycles. The third kappa shape index (κ3) is 5.53. The van der Waals surface area contributed by atoms with Gasteiger partial charge in [-0.2, -0.15) is 0 Å². The second-order valence-electron chi connectivity index (χ2n) is 5.57. The summed E-state index contributed by atoms with van der Waals surface area (Å²) >= 11 is 0. The molecule has 1 unspecified atom stereocenters. The SMILES string of the molecule is CC(C)CC(CCC1CCCCC1)NN. The van der Waals surface area contributed by atoms with E-state index in [0.29, 0.717) is 6.04 Å². The molecule has 0 amide bonds. The van der Waals surface area contributed by atoms with Crippen molar-refractivity contribution in [3.63, 3.8) is 0 Å². The monoisotopic (exact) mass is 212 g/mol. The molecule has 0 aliphatic heterocycles. The standard InChI is InChI=1S/C13H28N2/c1-11(2)10-13(15-14)9-8-12-6-4-3-5-7-12/h11-13,15H,3-10,14H2,1-2H3. The van der Waals surface area contributed by atoms with Gasteiger partial charge in [0, 0.05) is 6.04 Å². The minimum Gasteiger partial charge on any atom is -0.271 e. The molecule has 0 aromatic carbocycles. The van der Waals surface area contributed by atoms with Crippen molar-refractivity contribution < 1.29 is 0 Å². The van der Waals surface area contributed by atoms with Gasteiger partial charge in [-0.15, -0.1) is 0 Å². The van der Waals surface area contributed by atoms with E-state index in [2.05, 4.69) is 19.3 Å². The Morgan fingerprint density at radius 1 is 1.20 bits per heavy atom. The van der Waals surface area contributed by atoms with Gasteiger partial charge in [0.25, 0.3) is 0 Å². The van der Waals surface area contributed by atoms with Crippen LogP contribution in [0.3, 0.4) is 0 Å². The Hall–Kier alpha value is -0.0800. The average Bonchev–Trinajstić information content (AvgIpc) is 2.25. The predicted molar refractivity (Wildman–Crippen MR) is 66.4 cm³/mol. The highest BCUT2D eigenvalue weighted by molar-refractivity contribution is 4.71. The first-order valence-corrected chi connectivity index (χ1v) is 6.68. The van der Waals surface area contributed by atoms with Crippen LogP contribution in [0.1, 0.15) is 65.2 Å². The molecule has 0 aromatic rings. The number of nitrogens with one attached hydrogen (secondary N) is 1. The van der Waals surface area contributed by atoms with Crippen molar-refractivity contribution >= 4 is 0 Å². The quantitative estimate of drug-likeness (QED) is 0.524. The molecule has 1 rings (SSSR count). The van der Waals surface area contributed by atoms with Crippen LogP contribution in [-0.4, -0.2) is 6.04 Å². The van der Waals surface area contributed by atoms with Crippen molar-refractivity contribution in [1.82, 2.24) is 5.43 Å². The summed E-state index contributed by atoms with van der Waals surface area (Å²) in [5.74, 6) is 7.32. The fraction of sp³-hybridized carbons (Fsp3) is 1.00. The van der Waals surface area contributed by atoms with E-state index in [1.54, 1.807) is 0 Å². The summed E-state index contributed by atoms with van der Waals surface area (Å²) in [6.45, 7) is 4.54. The van der Waals surface area contributed by atoms with Gasteiger partial charge in [-0.05, 0) is 31.1 Å². The molecule has 2 heteroatoms. The third-order valence-corrected chi connectivity index (χ3v) is 3.64. The zero-order valence-corrected chi connectivity index (χ0v) is 10.5. The second-order valence-corrected chi connectivity index (χ2v) is 5.57. The number of hydrazine groups is 1. The number of hydrogen-bond donors (Lipinski definition) is 2. The minimum absolute atomic E-state index is 0.534. The zero-order valence-electron chi connectivity index (χ0n) is 10.5. The maximum absolute atomic E-state index is 5.59. The Bertz CT molecular complexity index is 151. The van der Waals surface area contributed by atoms with Gasteiger partial charge in [-0.3, -0.25) is 11.3 Å². The topological polar surface area (TPSA) is 38.0 Å². The average molecular weight is 212 g/mol. The van der Waals surface area contributed by atoms with E-state index < -0.39 is 0 Å². The summed E-state index contributed by atoms with van der Waals surface area (Å²) < 4.78 is 0. The highest BCUT2D eigenvalue weighted by Gasteiger charge is 2.16. The van der Waals surface area contributed by atoms with Crippen LogP contribution in [0.25, 0.3) is 0 Å². The highest BCUT2D eigenvalue weighted by Crippen LogP contribution is 2.28. The van der Waals surface area contributed by atoms with E-state index in [1.165, 1.54) is 51.4 Å². The minimum atomic E-state index is 0.534. The molecule has 1 saturated carbocycles. The lowest BCUT2D eigenvalue weighted by molar-refractivity contribution is 0.301. The van der Waals surface area contributed by atoms with Gasteiger partial charge in [0.15, 0.2) is 0 Å². The lowest BCUT2D eigenvalue weighted by Gasteiger charge is -2.24. The van der Waals surface area contributed by atoms with Crippen molar-refractivity contribution in [3.8, 4) is 0 Å². The Kier molecular flexibility index (Phi) is 6.26. The molecule has 0 radical (unpaired) electrons. The molecule has 1 aliphatic rings. The second kappa shape index (κ2) is 7.24. The fourth-order valence-electron chi connectivity index (χ4n) is 2.75. The number of nitrogens with two attached hydrogens (primary N) is 1. The van der Waals surface area contributed by atoms with Crippen LogP contribution in [0.5, 0.6) is 0 Å². The molecule has 0 saturated heterocycles. The van der Waals surface area contributed by atoms with Crippen LogP contribution in [0.15, 0.2) is 0 Å². The Labute approximate surface area is 95.0 Å². The van der Waals surface area contributed by atoms with E-state index >= 15 is 0 Å². The highest BCUT2D eigenvalue weighted by atomic mass is 15.2. The summed E-state index contributed by atoms with van der Waals surface area (Å²) in [5, 5.41) is 0. The Morgan fingerprint density at radius 3 is 2.40 bits per heavy atom. The summed E-state index contributed by atoms with van der Waals surface area (Å²) in [5.41, 5.74) is 2.97. The summed E-state index contributed by atoms with van der Waals surface area (Å²) in [7, 11) is 0. The molecular weight excluding hydrogens is 184 g/mol. The molecule has 90 valence electrons. The van der Waals surface area contributed by atoms with Crippen molar-refractivity contribution in [2.75, 3.05) is 0 Å². The van der Waals surface area contributed by atoms with Crippen molar-refractivity contribution in [2.45, 2.75) is 71.3 Å². The maximum Gasteiger partial charge on any atom is 0.0213 e. The van der Waals surface area contributed by atoms with Crippen LogP contribution in [-0.2, 0) is 0 Å². The van der Waals surface area contributed by atoms with Crippen molar-refractivity contribution in [3.05, 3.63) is 0 Å². The van der Waals surface area contributed by atoms with Crippen molar-refractivity contribution in [2.24, 2.45) is 17.7 Å². The van der Waals surface area contributed by atoms with Crippen LogP contribution in [0.2, 0.25) is 0 Å². The van der Waals surface area contributed by atoms with Gasteiger partial charge in [0.05, 0.1) is 0 Å². The van der Waals surface area contributed by atoms with E-state index in [4.69, 9.17) is 5.84 Å². The Balaban J connectivity index is 2.14. The third-order valence-electron chi connectivity index (χ3n) is 3.64. The van der Waals surface area contributed by atoms with Gasteiger partial charge < -0.3 is 0 Å². The van der Waals surface area contributed by atoms with E-state index in [1.807, 2.05) is 0 Å². The van der Waals surface area contributed by atoms with Crippen LogP contribution >= 0.6 is 0 Å². The number of hydrogen-bond acceptors (Lipinski definition) is 2. The normalized spacial score (nSPS) is 20.8.